The van der Waals surface area contributed by atoms with Crippen LogP contribution in [0, 0.1) is 0 Å². The molecule has 0 heterocycles. The molecule has 1 rings (SSSR count). The quantitative estimate of drug-likeness (QED) is 0.541. The molecule has 0 radical (unpaired) electrons. The summed E-state index contributed by atoms with van der Waals surface area (Å²) < 4.78 is 10.5. The molecule has 1 aromatic rings. The molecule has 1 aromatic carbocycles. The Hall–Kier alpha value is -2.08. The fourth-order valence-corrected chi connectivity index (χ4v) is 1.69. The summed E-state index contributed by atoms with van der Waals surface area (Å²) in [6, 6.07) is 9.42. The predicted octanol–water partition coefficient (Wildman–Crippen LogP) is 0.788. The van der Waals surface area contributed by atoms with Crippen molar-refractivity contribution in [3.8, 4) is 0 Å². The molecule has 1 unspecified atom stereocenters. The highest BCUT2D eigenvalue weighted by atomic mass is 16.6. The van der Waals surface area contributed by atoms with Crippen LogP contribution >= 0.6 is 0 Å². The zero-order valence-corrected chi connectivity index (χ0v) is 13.1. The van der Waals surface area contributed by atoms with Gasteiger partial charge in [0.15, 0.2) is 6.10 Å². The fraction of sp³-hybridized carbons (Fsp3) is 0.375. The minimum absolute atomic E-state index is 0.156. The number of carbonyl (C=O) groups excluding carboxylic acids is 2. The minimum Gasteiger partial charge on any atom is -0.459 e. The van der Waals surface area contributed by atoms with Crippen LogP contribution in [0.4, 0.5) is 0 Å². The molecular formula is C16H22BNO4. The first-order valence-corrected chi connectivity index (χ1v) is 7.37. The van der Waals surface area contributed by atoms with Gasteiger partial charge in [-0.05, 0) is 12.0 Å². The molecule has 0 aliphatic carbocycles. The Bertz CT molecular complexity index is 490. The number of carbonyl (C=O) groups is 2. The van der Waals surface area contributed by atoms with Gasteiger partial charge < -0.3 is 14.8 Å². The summed E-state index contributed by atoms with van der Waals surface area (Å²) in [5.41, 5.74) is 0.912. The molecule has 0 saturated heterocycles. The summed E-state index contributed by atoms with van der Waals surface area (Å²) in [6.45, 7) is 2.31. The van der Waals surface area contributed by atoms with E-state index in [-0.39, 0.29) is 19.1 Å². The van der Waals surface area contributed by atoms with Gasteiger partial charge in [0.1, 0.15) is 21.1 Å². The van der Waals surface area contributed by atoms with Crippen molar-refractivity contribution in [1.29, 1.82) is 0 Å². The van der Waals surface area contributed by atoms with Crippen LogP contribution in [0.25, 0.3) is 0 Å². The normalized spacial score (nSPS) is 12.0. The number of amides is 1. The van der Waals surface area contributed by atoms with Crippen LogP contribution in [0.1, 0.15) is 18.9 Å². The maximum absolute atomic E-state index is 11.9. The highest BCUT2D eigenvalue weighted by molar-refractivity contribution is 6.16. The maximum atomic E-state index is 11.9. The number of ether oxygens (including phenoxy) is 2. The SMILES string of the molecule is B/C=C/CNC(=O)COC(CC)C(=O)OCc1ccccc1. The van der Waals surface area contributed by atoms with E-state index >= 15 is 0 Å². The molecule has 0 bridgehead atoms. The third-order valence-corrected chi connectivity index (χ3v) is 2.93. The van der Waals surface area contributed by atoms with E-state index in [1.807, 2.05) is 57.2 Å². The first-order chi connectivity index (χ1) is 10.7. The number of esters is 1. The molecule has 1 atom stereocenters. The van der Waals surface area contributed by atoms with Crippen LogP contribution in [-0.4, -0.2) is 39.0 Å². The molecule has 1 amide bonds. The Kier molecular flexibility index (Phi) is 8.68. The second-order valence-corrected chi connectivity index (χ2v) is 4.67. The first-order valence-electron chi connectivity index (χ1n) is 7.37. The van der Waals surface area contributed by atoms with Gasteiger partial charge in [-0.15, -0.1) is 5.98 Å². The first kappa shape index (κ1) is 18.0. The molecule has 6 heteroatoms. The van der Waals surface area contributed by atoms with Gasteiger partial charge in [0.2, 0.25) is 5.91 Å². The standard InChI is InChI=1S/C16H22BNO4/c1-2-14(21-12-15(19)18-10-6-9-17)16(20)22-11-13-7-4-3-5-8-13/h3-9,14H,2,10-12,17H2,1H3,(H,18,19)/b9-6+. The van der Waals surface area contributed by atoms with Gasteiger partial charge in [0, 0.05) is 6.54 Å². The molecule has 22 heavy (non-hydrogen) atoms. The Morgan fingerprint density at radius 3 is 2.68 bits per heavy atom. The molecular weight excluding hydrogens is 281 g/mol. The van der Waals surface area contributed by atoms with Gasteiger partial charge >= 0.3 is 5.97 Å². The summed E-state index contributed by atoms with van der Waals surface area (Å²) in [5, 5.41) is 2.66. The number of benzene rings is 1. The van der Waals surface area contributed by atoms with Gasteiger partial charge in [-0.2, -0.15) is 0 Å². The smallest absolute Gasteiger partial charge is 0.335 e. The average Bonchev–Trinajstić information content (AvgIpc) is 2.54. The predicted molar refractivity (Wildman–Crippen MR) is 87.0 cm³/mol. The van der Waals surface area contributed by atoms with Crippen LogP contribution < -0.4 is 5.32 Å². The van der Waals surface area contributed by atoms with E-state index in [0.717, 1.165) is 5.56 Å². The van der Waals surface area contributed by atoms with E-state index < -0.39 is 12.1 Å². The van der Waals surface area contributed by atoms with E-state index in [1.165, 1.54) is 0 Å². The van der Waals surface area contributed by atoms with Gasteiger partial charge in [-0.1, -0.05) is 43.3 Å². The number of rotatable bonds is 9. The van der Waals surface area contributed by atoms with E-state index in [9.17, 15) is 9.59 Å². The lowest BCUT2D eigenvalue weighted by Gasteiger charge is -2.15. The highest BCUT2D eigenvalue weighted by Gasteiger charge is 2.19. The van der Waals surface area contributed by atoms with Crippen molar-refractivity contribution < 1.29 is 19.1 Å². The van der Waals surface area contributed by atoms with Gasteiger partial charge in [-0.25, -0.2) is 4.79 Å². The zero-order chi connectivity index (χ0) is 16.2. The van der Waals surface area contributed by atoms with Crippen LogP contribution in [0.15, 0.2) is 42.4 Å². The Morgan fingerprint density at radius 1 is 1.32 bits per heavy atom. The summed E-state index contributed by atoms with van der Waals surface area (Å²) in [4.78, 5) is 23.4. The van der Waals surface area contributed by atoms with Crippen molar-refractivity contribution >= 4 is 19.7 Å². The van der Waals surface area contributed by atoms with Crippen molar-refractivity contribution in [3.63, 3.8) is 0 Å². The summed E-state index contributed by atoms with van der Waals surface area (Å²) in [5.74, 6) is 1.14. The summed E-state index contributed by atoms with van der Waals surface area (Å²) in [6.07, 6.45) is 1.55. The lowest BCUT2D eigenvalue weighted by Crippen LogP contribution is -2.33. The molecule has 0 aliphatic heterocycles. The van der Waals surface area contributed by atoms with Gasteiger partial charge in [-0.3, -0.25) is 4.79 Å². The average molecular weight is 303 g/mol. The topological polar surface area (TPSA) is 64.6 Å². The van der Waals surface area contributed by atoms with E-state index in [0.29, 0.717) is 13.0 Å². The summed E-state index contributed by atoms with van der Waals surface area (Å²) >= 11 is 0. The Morgan fingerprint density at radius 2 is 2.05 bits per heavy atom. The molecule has 0 aromatic heterocycles. The molecule has 0 aliphatic rings. The van der Waals surface area contributed by atoms with Crippen LogP contribution in [0.5, 0.6) is 0 Å². The van der Waals surface area contributed by atoms with Crippen LogP contribution in [-0.2, 0) is 25.7 Å². The molecule has 118 valence electrons. The lowest BCUT2D eigenvalue weighted by atomic mass is 10.1. The van der Waals surface area contributed by atoms with E-state index in [2.05, 4.69) is 5.32 Å². The second-order valence-electron chi connectivity index (χ2n) is 4.67. The minimum atomic E-state index is -0.726. The van der Waals surface area contributed by atoms with Crippen molar-refractivity contribution in [3.05, 3.63) is 47.9 Å². The lowest BCUT2D eigenvalue weighted by molar-refractivity contribution is -0.160. The number of hydrogen-bond acceptors (Lipinski definition) is 4. The largest absolute Gasteiger partial charge is 0.459 e. The van der Waals surface area contributed by atoms with Crippen molar-refractivity contribution in [2.24, 2.45) is 0 Å². The monoisotopic (exact) mass is 303 g/mol. The third-order valence-electron chi connectivity index (χ3n) is 2.93. The van der Waals surface area contributed by atoms with Gasteiger partial charge in [0.05, 0.1) is 0 Å². The molecule has 0 fully saturated rings. The van der Waals surface area contributed by atoms with Crippen LogP contribution in [0.3, 0.4) is 0 Å². The second kappa shape index (κ2) is 10.6. The van der Waals surface area contributed by atoms with Crippen molar-refractivity contribution in [1.82, 2.24) is 5.32 Å². The highest BCUT2D eigenvalue weighted by Crippen LogP contribution is 2.05. The van der Waals surface area contributed by atoms with Crippen molar-refractivity contribution in [2.45, 2.75) is 26.1 Å². The summed E-state index contributed by atoms with van der Waals surface area (Å²) in [7, 11) is 1.87. The Labute approximate surface area is 132 Å². The molecule has 0 saturated carbocycles. The molecule has 1 N–H and O–H groups in total. The van der Waals surface area contributed by atoms with Crippen molar-refractivity contribution in [2.75, 3.05) is 13.2 Å². The Balaban J connectivity index is 2.33. The molecule has 5 nitrogen and oxygen atoms in total. The number of nitrogens with one attached hydrogen (secondary N) is 1. The van der Waals surface area contributed by atoms with Crippen LogP contribution in [0.2, 0.25) is 0 Å². The maximum Gasteiger partial charge on any atom is 0.335 e. The number of hydrogen-bond donors (Lipinski definition) is 1. The van der Waals surface area contributed by atoms with E-state index in [1.54, 1.807) is 0 Å². The van der Waals surface area contributed by atoms with E-state index in [4.69, 9.17) is 9.47 Å². The molecule has 0 spiro atoms. The van der Waals surface area contributed by atoms with Gasteiger partial charge in [0.25, 0.3) is 0 Å². The third kappa shape index (κ3) is 7.08. The fourth-order valence-electron chi connectivity index (χ4n) is 1.69. The zero-order valence-electron chi connectivity index (χ0n) is 13.1.